The zero-order valence-electron chi connectivity index (χ0n) is 19.3. The van der Waals surface area contributed by atoms with Crippen molar-refractivity contribution in [1.29, 1.82) is 0 Å². The van der Waals surface area contributed by atoms with Gasteiger partial charge in [-0.15, -0.1) is 0 Å². The van der Waals surface area contributed by atoms with Gasteiger partial charge in [-0.2, -0.15) is 13.2 Å². The van der Waals surface area contributed by atoms with Gasteiger partial charge in [0.25, 0.3) is 0 Å². The lowest BCUT2D eigenvalue weighted by atomic mass is 10.1. The molecule has 184 valence electrons. The molecule has 4 rings (SSSR count). The fraction of sp³-hybridized carbons (Fsp3) is 0.308. The van der Waals surface area contributed by atoms with Gasteiger partial charge in [-0.1, -0.05) is 13.0 Å². The molecule has 0 spiro atoms. The molecule has 0 amide bonds. The van der Waals surface area contributed by atoms with E-state index in [9.17, 15) is 23.1 Å². The highest BCUT2D eigenvalue weighted by atomic mass is 19.4. The second-order valence-electron chi connectivity index (χ2n) is 8.34. The van der Waals surface area contributed by atoms with Gasteiger partial charge in [0.05, 0.1) is 12.1 Å². The molecular weight excluding hydrogens is 461 g/mol. The van der Waals surface area contributed by atoms with Crippen LogP contribution in [0.5, 0.6) is 0 Å². The minimum absolute atomic E-state index is 0.261. The maximum absolute atomic E-state index is 12.8. The largest absolute Gasteiger partial charge is 0.479 e. The van der Waals surface area contributed by atoms with Crippen LogP contribution in [-0.2, 0) is 28.7 Å². The van der Waals surface area contributed by atoms with Crippen LogP contribution in [-0.4, -0.2) is 33.3 Å². The summed E-state index contributed by atoms with van der Waals surface area (Å²) in [6.07, 6.45) is -2.37. The maximum Gasteiger partial charge on any atom is 0.416 e. The summed E-state index contributed by atoms with van der Waals surface area (Å²) in [6, 6.07) is 12.4. The summed E-state index contributed by atoms with van der Waals surface area (Å²) in [4.78, 5) is 16.0. The Bertz CT molecular complexity index is 1320. The van der Waals surface area contributed by atoms with E-state index < -0.39 is 23.8 Å². The Morgan fingerprint density at radius 3 is 2.57 bits per heavy atom. The van der Waals surface area contributed by atoms with Crippen molar-refractivity contribution in [2.24, 2.45) is 0 Å². The molecule has 0 aliphatic rings. The molecule has 0 aliphatic carbocycles. The molecule has 0 saturated carbocycles. The Kier molecular flexibility index (Phi) is 6.98. The van der Waals surface area contributed by atoms with Crippen LogP contribution in [0.2, 0.25) is 0 Å². The van der Waals surface area contributed by atoms with Crippen molar-refractivity contribution in [3.63, 3.8) is 0 Å². The lowest BCUT2D eigenvalue weighted by Gasteiger charge is -2.13. The van der Waals surface area contributed by atoms with Crippen LogP contribution in [0.15, 0.2) is 59.1 Å². The van der Waals surface area contributed by atoms with Crippen LogP contribution in [0.3, 0.4) is 0 Å². The number of aromatic nitrogens is 2. The molecule has 0 fully saturated rings. The monoisotopic (exact) mass is 486 g/mol. The van der Waals surface area contributed by atoms with Crippen LogP contribution in [0.4, 0.5) is 13.2 Å². The molecule has 35 heavy (non-hydrogen) atoms. The van der Waals surface area contributed by atoms with E-state index in [0.717, 1.165) is 35.0 Å². The molecule has 1 atom stereocenters. The minimum Gasteiger partial charge on any atom is -0.479 e. The molecule has 1 N–H and O–H groups in total. The predicted octanol–water partition coefficient (Wildman–Crippen LogP) is 6.09. The second kappa shape index (κ2) is 9.95. The summed E-state index contributed by atoms with van der Waals surface area (Å²) in [7, 11) is 0. The van der Waals surface area contributed by atoms with Crippen molar-refractivity contribution < 1.29 is 32.2 Å². The number of alkyl halides is 3. The number of benzene rings is 2. The Hall–Kier alpha value is -3.59. The summed E-state index contributed by atoms with van der Waals surface area (Å²) in [5.74, 6) is -0.144. The highest BCUT2D eigenvalue weighted by molar-refractivity contribution is 5.81. The molecule has 2 aromatic carbocycles. The number of carboxylic acids is 1. The van der Waals surface area contributed by atoms with Crippen LogP contribution < -0.4 is 0 Å². The molecule has 0 unspecified atom stereocenters. The standard InChI is InChI=1S/C26H25F3N2O4/c1-3-12-34-23(25(32)33)14-17-4-9-22-19(13-17)10-11-31(22)15-21-16(2)35-24(30-21)18-5-7-20(8-6-18)26(27,28)29/h4-11,13,23H,3,12,14-15H2,1-2H3,(H,32,33)/t23-/m1/s1. The molecule has 6 nitrogen and oxygen atoms in total. The van der Waals surface area contributed by atoms with E-state index in [0.29, 0.717) is 30.2 Å². The van der Waals surface area contributed by atoms with Gasteiger partial charge in [0, 0.05) is 30.3 Å². The first-order chi connectivity index (χ1) is 16.7. The van der Waals surface area contributed by atoms with Crippen LogP contribution in [0, 0.1) is 6.92 Å². The van der Waals surface area contributed by atoms with Gasteiger partial charge in [-0.05, 0) is 66.8 Å². The SMILES string of the molecule is CCCO[C@H](Cc1ccc2c(ccn2Cc2nc(-c3ccc(C(F)(F)F)cc3)oc2C)c1)C(=O)O. The van der Waals surface area contributed by atoms with Crippen molar-refractivity contribution >= 4 is 16.9 Å². The zero-order valence-corrected chi connectivity index (χ0v) is 19.3. The van der Waals surface area contributed by atoms with Crippen molar-refractivity contribution in [2.45, 2.75) is 45.5 Å². The van der Waals surface area contributed by atoms with Gasteiger partial charge in [0.15, 0.2) is 6.10 Å². The van der Waals surface area contributed by atoms with Crippen LogP contribution in [0.25, 0.3) is 22.4 Å². The van der Waals surface area contributed by atoms with Gasteiger partial charge >= 0.3 is 12.1 Å². The Balaban J connectivity index is 1.52. The first-order valence-electron chi connectivity index (χ1n) is 11.2. The Morgan fingerprint density at radius 2 is 1.91 bits per heavy atom. The molecule has 0 aliphatic heterocycles. The van der Waals surface area contributed by atoms with Crippen molar-refractivity contribution in [2.75, 3.05) is 6.61 Å². The highest BCUT2D eigenvalue weighted by Crippen LogP contribution is 2.31. The van der Waals surface area contributed by atoms with Gasteiger partial charge in [-0.3, -0.25) is 0 Å². The summed E-state index contributed by atoms with van der Waals surface area (Å²) in [5.41, 5.74) is 2.21. The third kappa shape index (κ3) is 5.57. The third-order valence-corrected chi connectivity index (χ3v) is 5.73. The smallest absolute Gasteiger partial charge is 0.416 e. The average Bonchev–Trinajstić information content (AvgIpc) is 3.39. The van der Waals surface area contributed by atoms with E-state index in [1.807, 2.05) is 42.0 Å². The first-order valence-corrected chi connectivity index (χ1v) is 11.2. The molecule has 4 aromatic rings. The van der Waals surface area contributed by atoms with Gasteiger partial charge in [0.1, 0.15) is 11.5 Å². The molecular formula is C26H25F3N2O4. The van der Waals surface area contributed by atoms with Crippen molar-refractivity contribution in [3.8, 4) is 11.5 Å². The number of ether oxygens (including phenoxy) is 1. The van der Waals surface area contributed by atoms with E-state index in [2.05, 4.69) is 4.98 Å². The number of hydrogen-bond acceptors (Lipinski definition) is 4. The summed E-state index contributed by atoms with van der Waals surface area (Å²) < 4.78 is 51.6. The van der Waals surface area contributed by atoms with E-state index >= 15 is 0 Å². The number of oxazole rings is 1. The number of carboxylic acid groups (broad SMARTS) is 1. The van der Waals surface area contributed by atoms with Crippen molar-refractivity contribution in [3.05, 3.63) is 77.3 Å². The van der Waals surface area contributed by atoms with Crippen LogP contribution in [0.1, 0.15) is 35.9 Å². The zero-order chi connectivity index (χ0) is 25.2. The number of hydrogen-bond donors (Lipinski definition) is 1. The maximum atomic E-state index is 12.8. The lowest BCUT2D eigenvalue weighted by molar-refractivity contribution is -0.150. The number of halogens is 3. The highest BCUT2D eigenvalue weighted by Gasteiger charge is 2.30. The van der Waals surface area contributed by atoms with Crippen molar-refractivity contribution in [1.82, 2.24) is 9.55 Å². The summed E-state index contributed by atoms with van der Waals surface area (Å²) in [6.45, 7) is 4.50. The molecule has 0 saturated heterocycles. The topological polar surface area (TPSA) is 77.5 Å². The quantitative estimate of drug-likeness (QED) is 0.310. The fourth-order valence-corrected chi connectivity index (χ4v) is 3.87. The number of nitrogens with zero attached hydrogens (tertiary/aromatic N) is 2. The van der Waals surface area contributed by atoms with E-state index in [4.69, 9.17) is 9.15 Å². The number of fused-ring (bicyclic) bond motifs is 1. The third-order valence-electron chi connectivity index (χ3n) is 5.73. The molecule has 0 bridgehead atoms. The predicted molar refractivity (Wildman–Crippen MR) is 124 cm³/mol. The number of aliphatic carboxylic acids is 1. The summed E-state index contributed by atoms with van der Waals surface area (Å²) >= 11 is 0. The Morgan fingerprint density at radius 1 is 1.17 bits per heavy atom. The van der Waals surface area contributed by atoms with Gasteiger partial charge in [-0.25, -0.2) is 9.78 Å². The Labute approximate surface area is 200 Å². The van der Waals surface area contributed by atoms with Gasteiger partial charge in [0.2, 0.25) is 5.89 Å². The van der Waals surface area contributed by atoms with Gasteiger partial charge < -0.3 is 18.8 Å². The minimum atomic E-state index is -4.40. The molecule has 2 heterocycles. The van der Waals surface area contributed by atoms with Crippen LogP contribution >= 0.6 is 0 Å². The molecule has 9 heteroatoms. The normalized spacial score (nSPS) is 12.8. The van der Waals surface area contributed by atoms with E-state index in [-0.39, 0.29) is 12.3 Å². The second-order valence-corrected chi connectivity index (χ2v) is 8.34. The summed E-state index contributed by atoms with van der Waals surface area (Å²) in [5, 5.41) is 10.4. The molecule has 0 radical (unpaired) electrons. The molecule has 2 aromatic heterocycles. The fourth-order valence-electron chi connectivity index (χ4n) is 3.87. The average molecular weight is 486 g/mol. The number of rotatable bonds is 9. The van der Waals surface area contributed by atoms with E-state index in [1.54, 1.807) is 6.92 Å². The lowest BCUT2D eigenvalue weighted by Crippen LogP contribution is -2.26. The van der Waals surface area contributed by atoms with E-state index in [1.165, 1.54) is 12.1 Å². The number of carbonyl (C=O) groups is 1. The first kappa shape index (κ1) is 24.5. The number of aryl methyl sites for hydroxylation is 1.